The van der Waals surface area contributed by atoms with E-state index in [2.05, 4.69) is 0 Å². The molecule has 0 saturated carbocycles. The van der Waals surface area contributed by atoms with E-state index in [1.165, 1.54) is 20.8 Å². The Labute approximate surface area is 337 Å². The molecule has 5 rings (SSSR count). The predicted molar refractivity (Wildman–Crippen MR) is 203 cm³/mol. The van der Waals surface area contributed by atoms with E-state index < -0.39 is 123 Å². The molecule has 0 spiro atoms. The van der Waals surface area contributed by atoms with E-state index in [1.807, 2.05) is 0 Å². The highest BCUT2D eigenvalue weighted by Gasteiger charge is 2.53. The van der Waals surface area contributed by atoms with Gasteiger partial charge in [-0.05, 0) is 90.1 Å². The number of rotatable bonds is 12. The summed E-state index contributed by atoms with van der Waals surface area (Å²) in [6, 6.07) is 8.94. The number of hydrogen-bond donors (Lipinski definition) is 0. The third-order valence-corrected chi connectivity index (χ3v) is 12.3. The number of hydrogen-bond acceptors (Lipinski definition) is 8. The van der Waals surface area contributed by atoms with Crippen LogP contribution < -0.4 is 21.2 Å². The van der Waals surface area contributed by atoms with E-state index in [9.17, 15) is 44.7 Å². The van der Waals surface area contributed by atoms with Crippen LogP contribution in [0.3, 0.4) is 0 Å². The van der Waals surface area contributed by atoms with Crippen LogP contribution in [0.5, 0.6) is 0 Å². The van der Waals surface area contributed by atoms with Crippen molar-refractivity contribution >= 4 is 49.5 Å². The Hall–Kier alpha value is -4.04. The van der Waals surface area contributed by atoms with Crippen molar-refractivity contribution in [2.45, 2.75) is 72.2 Å². The average molecular weight is 875 g/mol. The van der Waals surface area contributed by atoms with Gasteiger partial charge in [-0.3, -0.25) is 9.59 Å². The van der Waals surface area contributed by atoms with E-state index in [0.717, 1.165) is 55.6 Å². The van der Waals surface area contributed by atoms with Gasteiger partial charge in [-0.25, -0.2) is 35.1 Å². The maximum atomic E-state index is 14.9. The third-order valence-electron chi connectivity index (χ3n) is 8.45. The minimum absolute atomic E-state index is 0.273. The second kappa shape index (κ2) is 18.7. The largest absolute Gasteiger partial charge is 0.462 e. The molecule has 0 unspecified atom stereocenters. The lowest BCUT2D eigenvalue weighted by molar-refractivity contribution is -0.291. The number of esters is 2. The van der Waals surface area contributed by atoms with Gasteiger partial charge in [0.15, 0.2) is 12.4 Å². The molecule has 4 aromatic rings. The molecule has 18 heteroatoms. The van der Waals surface area contributed by atoms with Crippen LogP contribution in [0.2, 0.25) is 0 Å². The number of halogens is 8. The lowest BCUT2D eigenvalue weighted by Gasteiger charge is -2.47. The van der Waals surface area contributed by atoms with Crippen molar-refractivity contribution in [1.82, 2.24) is 0 Å². The molecule has 0 bridgehead atoms. The van der Waals surface area contributed by atoms with Crippen molar-refractivity contribution in [3.05, 3.63) is 119 Å². The summed E-state index contributed by atoms with van der Waals surface area (Å²) in [6.07, 6.45) is -8.49. The Morgan fingerprint density at radius 2 is 0.847 bits per heavy atom. The highest BCUT2D eigenvalue weighted by Crippen LogP contribution is 2.47. The molecule has 1 saturated heterocycles. The quantitative estimate of drug-likeness (QED) is 0.0808. The predicted octanol–water partition coefficient (Wildman–Crippen LogP) is 7.88. The second-order valence-electron chi connectivity index (χ2n) is 15.5. The molecule has 0 amide bonds. The Kier molecular flexibility index (Phi) is 14.6. The molecule has 0 N–H and O–H groups in total. The second-order valence-corrected chi connectivity index (χ2v) is 19.2. The SMILES string of the molecule is CO[C@H]1O[C@H](COC(=O)C(C)(C)C)[C@@H](OP(c2cc(F)cc(F)c2)c2cc(F)cc(F)c2)[C@H](OP(c2cc(F)cc(F)c2)c2cc(F)cc(F)c2)[C@H]1OC(=O)C(C)(C)C. The van der Waals surface area contributed by atoms with E-state index in [0.29, 0.717) is 24.3 Å². The Bertz CT molecular complexity index is 1980. The van der Waals surface area contributed by atoms with Crippen molar-refractivity contribution in [3.8, 4) is 0 Å². The summed E-state index contributed by atoms with van der Waals surface area (Å²) in [7, 11) is -4.36. The van der Waals surface area contributed by atoms with Crippen LogP contribution in [-0.2, 0) is 37.6 Å². The van der Waals surface area contributed by atoms with Crippen LogP contribution in [-0.4, -0.2) is 56.4 Å². The van der Waals surface area contributed by atoms with Crippen molar-refractivity contribution in [2.75, 3.05) is 13.7 Å². The van der Waals surface area contributed by atoms with Crippen LogP contribution >= 0.6 is 16.3 Å². The molecular weight excluding hydrogens is 834 g/mol. The molecule has 318 valence electrons. The van der Waals surface area contributed by atoms with Gasteiger partial charge in [0.2, 0.25) is 0 Å². The molecule has 1 aliphatic heterocycles. The fourth-order valence-corrected chi connectivity index (χ4v) is 9.65. The summed E-state index contributed by atoms with van der Waals surface area (Å²) in [6.45, 7) is 8.50. The van der Waals surface area contributed by atoms with Gasteiger partial charge >= 0.3 is 11.9 Å². The Morgan fingerprint density at radius 3 is 1.15 bits per heavy atom. The number of ether oxygens (including phenoxy) is 4. The first-order valence-electron chi connectivity index (χ1n) is 17.9. The van der Waals surface area contributed by atoms with E-state index in [4.69, 9.17) is 28.0 Å². The zero-order valence-corrected chi connectivity index (χ0v) is 34.5. The zero-order valence-electron chi connectivity index (χ0n) is 32.7. The third kappa shape index (κ3) is 11.8. The minimum Gasteiger partial charge on any atom is -0.462 e. The van der Waals surface area contributed by atoms with Crippen LogP contribution in [0.1, 0.15) is 41.5 Å². The van der Waals surface area contributed by atoms with E-state index in [-0.39, 0.29) is 21.2 Å². The molecule has 59 heavy (non-hydrogen) atoms. The lowest BCUT2D eigenvalue weighted by atomic mass is 9.95. The van der Waals surface area contributed by atoms with Crippen LogP contribution in [0.4, 0.5) is 35.1 Å². The van der Waals surface area contributed by atoms with Crippen LogP contribution in [0.25, 0.3) is 0 Å². The highest BCUT2D eigenvalue weighted by atomic mass is 31.1. The molecule has 5 atom stereocenters. The van der Waals surface area contributed by atoms with Crippen molar-refractivity contribution < 1.29 is 72.7 Å². The number of methoxy groups -OCH3 is 1. The van der Waals surface area contributed by atoms with Crippen molar-refractivity contribution in [1.29, 1.82) is 0 Å². The number of carbonyl (C=O) groups is 2. The topological polar surface area (TPSA) is 89.5 Å². The number of carbonyl (C=O) groups excluding carboxylic acids is 2. The maximum Gasteiger partial charge on any atom is 0.311 e. The highest BCUT2D eigenvalue weighted by molar-refractivity contribution is 7.69. The maximum absolute atomic E-state index is 14.9. The van der Waals surface area contributed by atoms with Gasteiger partial charge in [0.25, 0.3) is 0 Å². The summed E-state index contributed by atoms with van der Waals surface area (Å²) in [4.78, 5) is 26.7. The van der Waals surface area contributed by atoms with Gasteiger partial charge in [-0.2, -0.15) is 0 Å². The minimum atomic E-state index is -2.77. The molecule has 0 radical (unpaired) electrons. The number of benzene rings is 4. The molecular formula is C41H40F8O8P2. The van der Waals surface area contributed by atoms with Gasteiger partial charge in [0.1, 0.15) is 71.5 Å². The Balaban J connectivity index is 1.79. The first kappa shape index (κ1) is 46.0. The van der Waals surface area contributed by atoms with E-state index >= 15 is 0 Å². The first-order chi connectivity index (χ1) is 27.5. The van der Waals surface area contributed by atoms with Crippen molar-refractivity contribution in [3.63, 3.8) is 0 Å². The monoisotopic (exact) mass is 874 g/mol. The molecule has 0 aliphatic carbocycles. The molecule has 0 aromatic heterocycles. The molecule has 1 aliphatic rings. The zero-order chi connectivity index (χ0) is 43.6. The normalized spacial score (nSPS) is 19.9. The van der Waals surface area contributed by atoms with Crippen LogP contribution in [0, 0.1) is 57.4 Å². The molecule has 4 aromatic carbocycles. The van der Waals surface area contributed by atoms with Gasteiger partial charge in [0, 0.05) is 52.6 Å². The fraction of sp³-hybridized carbons (Fsp3) is 0.366. The van der Waals surface area contributed by atoms with Gasteiger partial charge in [-0.15, -0.1) is 0 Å². The molecule has 1 fully saturated rings. The summed E-state index contributed by atoms with van der Waals surface area (Å²) in [5.74, 6) is -10.4. The molecule has 1 heterocycles. The van der Waals surface area contributed by atoms with Gasteiger partial charge in [-0.1, -0.05) is 0 Å². The summed E-state index contributed by atoms with van der Waals surface area (Å²) >= 11 is 0. The van der Waals surface area contributed by atoms with E-state index in [1.54, 1.807) is 20.8 Å². The Morgan fingerprint density at radius 1 is 0.525 bits per heavy atom. The fourth-order valence-electron chi connectivity index (χ4n) is 5.66. The molecule has 8 nitrogen and oxygen atoms in total. The summed E-state index contributed by atoms with van der Waals surface area (Å²) in [5.41, 5.74) is -2.29. The smallest absolute Gasteiger partial charge is 0.311 e. The summed E-state index contributed by atoms with van der Waals surface area (Å²) in [5, 5.41) is -1.10. The van der Waals surface area contributed by atoms with Crippen LogP contribution in [0.15, 0.2) is 72.8 Å². The van der Waals surface area contributed by atoms with Gasteiger partial charge < -0.3 is 28.0 Å². The van der Waals surface area contributed by atoms with Crippen molar-refractivity contribution in [2.24, 2.45) is 10.8 Å². The first-order valence-corrected chi connectivity index (χ1v) is 20.4. The average Bonchev–Trinajstić information content (AvgIpc) is 3.10. The summed E-state index contributed by atoms with van der Waals surface area (Å²) < 4.78 is 156. The lowest BCUT2D eigenvalue weighted by Crippen LogP contribution is -2.62. The standard InChI is InChI=1S/C41H40F8O8P2/c1-40(2,3)38(50)53-20-33-34(56-58(29-12-21(42)8-22(43)13-29)30-14-23(44)9-24(45)15-30)35(36(37(52-7)54-33)55-39(51)41(4,5)6)57-59(31-16-25(46)10-26(47)17-31)32-18-27(48)11-28(49)19-32/h8-19,33-37H,20H2,1-7H3/t33-,34-,35+,36-,37+/m1/s1. The van der Waals surface area contributed by atoms with Gasteiger partial charge in [0.05, 0.1) is 27.1 Å².